The van der Waals surface area contributed by atoms with E-state index in [4.69, 9.17) is 5.73 Å². The molecule has 0 saturated heterocycles. The van der Waals surface area contributed by atoms with E-state index in [2.05, 4.69) is 9.98 Å². The number of anilines is 1. The van der Waals surface area contributed by atoms with Crippen LogP contribution in [0.1, 0.15) is 38.7 Å². The third kappa shape index (κ3) is 3.56. The molecule has 0 fully saturated rings. The van der Waals surface area contributed by atoms with Gasteiger partial charge in [-0.15, -0.1) is 0 Å². The lowest BCUT2D eigenvalue weighted by Crippen LogP contribution is -2.34. The fraction of sp³-hybridized carbons (Fsp3) is 0.353. The SMILES string of the molecule is CCCCn1c(O)c(C(CC)=Nc2ccccc2N)c(=O)[nH]c1=O. The summed E-state index contributed by atoms with van der Waals surface area (Å²) in [6, 6.07) is 7.01. The lowest BCUT2D eigenvalue weighted by molar-refractivity contribution is 0.394. The molecule has 1 heterocycles. The van der Waals surface area contributed by atoms with Gasteiger partial charge >= 0.3 is 5.69 Å². The third-order valence-electron chi connectivity index (χ3n) is 3.72. The summed E-state index contributed by atoms with van der Waals surface area (Å²) in [6.45, 7) is 4.12. The van der Waals surface area contributed by atoms with E-state index in [-0.39, 0.29) is 11.4 Å². The maximum Gasteiger partial charge on any atom is 0.331 e. The van der Waals surface area contributed by atoms with Crippen LogP contribution >= 0.6 is 0 Å². The zero-order chi connectivity index (χ0) is 17.7. The van der Waals surface area contributed by atoms with Gasteiger partial charge in [-0.25, -0.2) is 4.79 Å². The molecule has 0 radical (unpaired) electrons. The zero-order valence-electron chi connectivity index (χ0n) is 13.9. The van der Waals surface area contributed by atoms with Crippen LogP contribution in [-0.4, -0.2) is 20.4 Å². The van der Waals surface area contributed by atoms with Gasteiger partial charge in [0.05, 0.1) is 17.1 Å². The number of benzene rings is 1. The molecule has 1 aromatic heterocycles. The molecule has 2 aromatic rings. The van der Waals surface area contributed by atoms with E-state index in [1.165, 1.54) is 4.57 Å². The maximum absolute atomic E-state index is 12.2. The van der Waals surface area contributed by atoms with Crippen molar-refractivity contribution >= 4 is 17.1 Å². The Morgan fingerprint density at radius 2 is 2.00 bits per heavy atom. The van der Waals surface area contributed by atoms with Crippen molar-refractivity contribution < 1.29 is 5.11 Å². The summed E-state index contributed by atoms with van der Waals surface area (Å²) in [5.74, 6) is -0.354. The molecule has 0 atom stereocenters. The molecule has 1 aromatic carbocycles. The number of hydrogen-bond acceptors (Lipinski definition) is 5. The predicted molar refractivity (Wildman–Crippen MR) is 95.2 cm³/mol. The van der Waals surface area contributed by atoms with Gasteiger partial charge in [0.15, 0.2) is 0 Å². The van der Waals surface area contributed by atoms with Gasteiger partial charge in [-0.2, -0.15) is 0 Å². The number of para-hydroxylation sites is 2. The smallest absolute Gasteiger partial charge is 0.331 e. The minimum Gasteiger partial charge on any atom is -0.494 e. The number of nitrogens with two attached hydrogens (primary N) is 1. The second kappa shape index (κ2) is 7.63. The van der Waals surface area contributed by atoms with Crippen molar-refractivity contribution in [1.82, 2.24) is 9.55 Å². The van der Waals surface area contributed by atoms with Crippen molar-refractivity contribution in [2.45, 2.75) is 39.7 Å². The van der Waals surface area contributed by atoms with Crippen molar-refractivity contribution in [3.8, 4) is 5.88 Å². The zero-order valence-corrected chi connectivity index (χ0v) is 13.9. The van der Waals surface area contributed by atoms with Gasteiger partial charge in [-0.3, -0.25) is 19.3 Å². The van der Waals surface area contributed by atoms with Gasteiger partial charge in [0, 0.05) is 6.54 Å². The number of hydrogen-bond donors (Lipinski definition) is 3. The topological polar surface area (TPSA) is 113 Å². The van der Waals surface area contributed by atoms with E-state index in [0.29, 0.717) is 36.5 Å². The minimum absolute atomic E-state index is 0.0106. The Labute approximate surface area is 139 Å². The first kappa shape index (κ1) is 17.5. The Balaban J connectivity index is 2.63. The Kier molecular flexibility index (Phi) is 5.57. The lowest BCUT2D eigenvalue weighted by Gasteiger charge is -2.12. The first-order valence-electron chi connectivity index (χ1n) is 7.98. The number of nitrogens with one attached hydrogen (secondary N) is 1. The molecular formula is C17H22N4O3. The van der Waals surface area contributed by atoms with Gasteiger partial charge in [-0.1, -0.05) is 32.4 Å². The summed E-state index contributed by atoms with van der Waals surface area (Å²) >= 11 is 0. The summed E-state index contributed by atoms with van der Waals surface area (Å²) in [7, 11) is 0. The van der Waals surface area contributed by atoms with E-state index >= 15 is 0 Å². The highest BCUT2D eigenvalue weighted by molar-refractivity contribution is 6.03. The molecule has 0 aliphatic carbocycles. The number of nitrogens with zero attached hydrogens (tertiary/aromatic N) is 2. The highest BCUT2D eigenvalue weighted by atomic mass is 16.3. The van der Waals surface area contributed by atoms with Gasteiger partial charge in [0.1, 0.15) is 5.56 Å². The Morgan fingerprint density at radius 3 is 2.62 bits per heavy atom. The average Bonchev–Trinajstić information content (AvgIpc) is 2.55. The molecule has 0 spiro atoms. The summed E-state index contributed by atoms with van der Waals surface area (Å²) < 4.78 is 1.17. The normalized spacial score (nSPS) is 11.7. The van der Waals surface area contributed by atoms with Gasteiger partial charge in [0.25, 0.3) is 5.56 Å². The number of aromatic hydroxyl groups is 1. The summed E-state index contributed by atoms with van der Waals surface area (Å²) in [4.78, 5) is 30.8. The van der Waals surface area contributed by atoms with Gasteiger partial charge < -0.3 is 10.8 Å². The molecule has 128 valence electrons. The maximum atomic E-state index is 12.2. The van der Waals surface area contributed by atoms with Crippen LogP contribution in [0.25, 0.3) is 0 Å². The van der Waals surface area contributed by atoms with E-state index in [0.717, 1.165) is 6.42 Å². The summed E-state index contributed by atoms with van der Waals surface area (Å²) in [5, 5.41) is 10.5. The second-order valence-corrected chi connectivity index (χ2v) is 5.43. The molecule has 4 N–H and O–H groups in total. The number of aromatic nitrogens is 2. The molecule has 0 bridgehead atoms. The molecule has 0 aliphatic heterocycles. The van der Waals surface area contributed by atoms with E-state index < -0.39 is 11.2 Å². The van der Waals surface area contributed by atoms with Crippen LogP contribution in [0.3, 0.4) is 0 Å². The second-order valence-electron chi connectivity index (χ2n) is 5.43. The number of nitrogen functional groups attached to an aromatic ring is 1. The first-order chi connectivity index (χ1) is 11.5. The number of rotatable bonds is 6. The molecular weight excluding hydrogens is 308 g/mol. The Morgan fingerprint density at radius 1 is 1.29 bits per heavy atom. The minimum atomic E-state index is -0.652. The standard InChI is InChI=1S/C17H22N4O3/c1-3-5-10-21-16(23)14(15(22)20-17(21)24)12(4-2)19-13-9-7-6-8-11(13)18/h6-9,23H,3-5,10,18H2,1-2H3,(H,20,22,24). The average molecular weight is 330 g/mol. The van der Waals surface area contributed by atoms with Crippen LogP contribution in [0, 0.1) is 0 Å². The van der Waals surface area contributed by atoms with Crippen LogP contribution in [0.5, 0.6) is 5.88 Å². The molecule has 0 amide bonds. The molecule has 0 unspecified atom stereocenters. The van der Waals surface area contributed by atoms with Crippen LogP contribution in [0.4, 0.5) is 11.4 Å². The molecule has 0 aliphatic rings. The van der Waals surface area contributed by atoms with Crippen LogP contribution in [0.15, 0.2) is 38.8 Å². The van der Waals surface area contributed by atoms with E-state index in [9.17, 15) is 14.7 Å². The van der Waals surface area contributed by atoms with Crippen molar-refractivity contribution in [2.75, 3.05) is 5.73 Å². The quantitative estimate of drug-likeness (QED) is 0.556. The molecule has 7 nitrogen and oxygen atoms in total. The van der Waals surface area contributed by atoms with Crippen molar-refractivity contribution in [3.63, 3.8) is 0 Å². The number of aliphatic imine (C=N–C) groups is 1. The van der Waals surface area contributed by atoms with Crippen LogP contribution in [0.2, 0.25) is 0 Å². The number of unbranched alkanes of at least 4 members (excludes halogenated alkanes) is 1. The molecule has 0 saturated carbocycles. The largest absolute Gasteiger partial charge is 0.494 e. The Bertz CT molecular complexity index is 865. The lowest BCUT2D eigenvalue weighted by atomic mass is 10.1. The number of H-pyrrole nitrogens is 1. The van der Waals surface area contributed by atoms with E-state index in [1.54, 1.807) is 24.3 Å². The summed E-state index contributed by atoms with van der Waals surface area (Å²) in [6.07, 6.45) is 1.97. The van der Waals surface area contributed by atoms with Gasteiger partial charge in [-0.05, 0) is 25.0 Å². The van der Waals surface area contributed by atoms with Crippen molar-refractivity contribution in [1.29, 1.82) is 0 Å². The molecule has 7 heteroatoms. The molecule has 2 rings (SSSR count). The molecule has 24 heavy (non-hydrogen) atoms. The fourth-order valence-electron chi connectivity index (χ4n) is 2.39. The fourth-order valence-corrected chi connectivity index (χ4v) is 2.39. The Hall–Kier alpha value is -2.83. The third-order valence-corrected chi connectivity index (χ3v) is 3.72. The predicted octanol–water partition coefficient (Wildman–Crippen LogP) is 2.16. The van der Waals surface area contributed by atoms with E-state index in [1.807, 2.05) is 13.8 Å². The number of aromatic amines is 1. The van der Waals surface area contributed by atoms with Crippen molar-refractivity contribution in [3.05, 3.63) is 50.7 Å². The van der Waals surface area contributed by atoms with Gasteiger partial charge in [0.2, 0.25) is 5.88 Å². The highest BCUT2D eigenvalue weighted by Gasteiger charge is 2.18. The highest BCUT2D eigenvalue weighted by Crippen LogP contribution is 2.23. The monoisotopic (exact) mass is 330 g/mol. The first-order valence-corrected chi connectivity index (χ1v) is 7.98. The summed E-state index contributed by atoms with van der Waals surface area (Å²) in [5.41, 5.74) is 5.98. The van der Waals surface area contributed by atoms with Crippen molar-refractivity contribution in [2.24, 2.45) is 4.99 Å². The van der Waals surface area contributed by atoms with Crippen LogP contribution < -0.4 is 17.0 Å². The van der Waals surface area contributed by atoms with Crippen LogP contribution in [-0.2, 0) is 6.54 Å².